The Morgan fingerprint density at radius 3 is 2.81 bits per heavy atom. The van der Waals surface area contributed by atoms with Crippen LogP contribution in [0.4, 0.5) is 5.69 Å². The van der Waals surface area contributed by atoms with Crippen molar-refractivity contribution in [2.45, 2.75) is 19.3 Å². The second kappa shape index (κ2) is 4.43. The van der Waals surface area contributed by atoms with Gasteiger partial charge in [-0.05, 0) is 24.5 Å². The van der Waals surface area contributed by atoms with Crippen molar-refractivity contribution in [3.05, 3.63) is 23.8 Å². The summed E-state index contributed by atoms with van der Waals surface area (Å²) in [6.07, 6.45) is 3.60. The highest BCUT2D eigenvalue weighted by Crippen LogP contribution is 2.33. The lowest BCUT2D eigenvalue weighted by atomic mass is 10.1. The number of primary amides is 1. The highest BCUT2D eigenvalue weighted by molar-refractivity contribution is 5.97. The second-order valence-electron chi connectivity index (χ2n) is 4.17. The van der Waals surface area contributed by atoms with Crippen LogP contribution in [0.1, 0.15) is 29.6 Å². The molecule has 4 N–H and O–H groups in total. The minimum atomic E-state index is -0.506. The van der Waals surface area contributed by atoms with Crippen molar-refractivity contribution in [1.29, 1.82) is 0 Å². The number of carbonyl (C=O) groups excluding carboxylic acids is 1. The zero-order valence-corrected chi connectivity index (χ0v) is 9.11. The molecule has 0 spiro atoms. The summed E-state index contributed by atoms with van der Waals surface area (Å²) < 4.78 is 5.55. The van der Waals surface area contributed by atoms with Crippen LogP contribution in [0.3, 0.4) is 0 Å². The molecular formula is C12H16N2O2. The number of nitrogens with two attached hydrogens (primary N) is 2. The molecule has 4 heteroatoms. The van der Waals surface area contributed by atoms with Crippen LogP contribution in [0.5, 0.6) is 5.75 Å². The van der Waals surface area contributed by atoms with Crippen LogP contribution >= 0.6 is 0 Å². The van der Waals surface area contributed by atoms with Crippen LogP contribution < -0.4 is 16.2 Å². The number of nitrogen functional groups attached to an aromatic ring is 1. The van der Waals surface area contributed by atoms with E-state index in [0.29, 0.717) is 23.6 Å². The van der Waals surface area contributed by atoms with E-state index in [9.17, 15) is 4.79 Å². The van der Waals surface area contributed by atoms with E-state index in [1.165, 1.54) is 12.8 Å². The SMILES string of the molecule is NC(=O)c1cccc(N)c1OCCC1CC1. The van der Waals surface area contributed by atoms with Gasteiger partial charge in [0.15, 0.2) is 5.75 Å². The average Bonchev–Trinajstić information content (AvgIpc) is 3.04. The van der Waals surface area contributed by atoms with Crippen molar-refractivity contribution in [2.24, 2.45) is 11.7 Å². The third-order valence-corrected chi connectivity index (χ3v) is 2.78. The zero-order chi connectivity index (χ0) is 11.5. The summed E-state index contributed by atoms with van der Waals surface area (Å²) in [5.74, 6) is 0.714. The van der Waals surface area contributed by atoms with Gasteiger partial charge in [0.1, 0.15) is 0 Å². The van der Waals surface area contributed by atoms with Gasteiger partial charge in [-0.1, -0.05) is 18.9 Å². The first-order valence-corrected chi connectivity index (χ1v) is 5.49. The fraction of sp³-hybridized carbons (Fsp3) is 0.417. The van der Waals surface area contributed by atoms with E-state index in [1.807, 2.05) is 0 Å². The Morgan fingerprint density at radius 2 is 2.19 bits per heavy atom. The predicted octanol–water partition coefficient (Wildman–Crippen LogP) is 1.55. The highest BCUT2D eigenvalue weighted by Gasteiger charge is 2.21. The van der Waals surface area contributed by atoms with Gasteiger partial charge in [0.2, 0.25) is 0 Å². The summed E-state index contributed by atoms with van der Waals surface area (Å²) in [4.78, 5) is 11.2. The molecule has 0 atom stereocenters. The highest BCUT2D eigenvalue weighted by atomic mass is 16.5. The molecule has 86 valence electrons. The average molecular weight is 220 g/mol. The number of ether oxygens (including phenoxy) is 1. The lowest BCUT2D eigenvalue weighted by molar-refractivity contribution is 0.0996. The van der Waals surface area contributed by atoms with Crippen LogP contribution in [-0.2, 0) is 0 Å². The van der Waals surface area contributed by atoms with E-state index in [0.717, 1.165) is 12.3 Å². The molecule has 0 radical (unpaired) electrons. The summed E-state index contributed by atoms with van der Waals surface area (Å²) in [6, 6.07) is 5.03. The molecule has 4 nitrogen and oxygen atoms in total. The quantitative estimate of drug-likeness (QED) is 0.739. The van der Waals surface area contributed by atoms with Gasteiger partial charge in [-0.3, -0.25) is 4.79 Å². The molecule has 1 fully saturated rings. The fourth-order valence-corrected chi connectivity index (χ4v) is 1.64. The summed E-state index contributed by atoms with van der Waals surface area (Å²) in [5.41, 5.74) is 11.8. The molecule has 1 amide bonds. The molecule has 1 aliphatic carbocycles. The Hall–Kier alpha value is -1.71. The Labute approximate surface area is 94.6 Å². The van der Waals surface area contributed by atoms with Crippen LogP contribution in [0.2, 0.25) is 0 Å². The third-order valence-electron chi connectivity index (χ3n) is 2.78. The number of hydrogen-bond acceptors (Lipinski definition) is 3. The lowest BCUT2D eigenvalue weighted by Gasteiger charge is -2.11. The van der Waals surface area contributed by atoms with Crippen molar-refractivity contribution < 1.29 is 9.53 Å². The van der Waals surface area contributed by atoms with Gasteiger partial charge in [-0.2, -0.15) is 0 Å². The summed E-state index contributed by atoms with van der Waals surface area (Å²) in [6.45, 7) is 0.596. The number of anilines is 1. The normalized spacial score (nSPS) is 14.8. The number of amides is 1. The van der Waals surface area contributed by atoms with Gasteiger partial charge < -0.3 is 16.2 Å². The van der Waals surface area contributed by atoms with Gasteiger partial charge in [-0.15, -0.1) is 0 Å². The van der Waals surface area contributed by atoms with E-state index in [4.69, 9.17) is 16.2 Å². The number of hydrogen-bond donors (Lipinski definition) is 2. The minimum Gasteiger partial charge on any atom is -0.491 e. The maximum absolute atomic E-state index is 11.2. The minimum absolute atomic E-state index is 0.357. The molecule has 1 aromatic rings. The van der Waals surface area contributed by atoms with E-state index in [2.05, 4.69) is 0 Å². The number of para-hydroxylation sites is 1. The smallest absolute Gasteiger partial charge is 0.252 e. The van der Waals surface area contributed by atoms with Gasteiger partial charge in [0.05, 0.1) is 17.9 Å². The molecule has 0 aliphatic heterocycles. The molecule has 1 aromatic carbocycles. The molecule has 0 unspecified atom stereocenters. The van der Waals surface area contributed by atoms with Gasteiger partial charge in [-0.25, -0.2) is 0 Å². The summed E-state index contributed by atoms with van der Waals surface area (Å²) in [5, 5.41) is 0. The van der Waals surface area contributed by atoms with Gasteiger partial charge in [0.25, 0.3) is 5.91 Å². The third kappa shape index (κ3) is 2.45. The molecular weight excluding hydrogens is 204 g/mol. The van der Waals surface area contributed by atoms with E-state index >= 15 is 0 Å². The fourth-order valence-electron chi connectivity index (χ4n) is 1.64. The zero-order valence-electron chi connectivity index (χ0n) is 9.11. The van der Waals surface area contributed by atoms with Crippen molar-refractivity contribution in [3.63, 3.8) is 0 Å². The van der Waals surface area contributed by atoms with Crippen molar-refractivity contribution in [2.75, 3.05) is 12.3 Å². The molecule has 0 saturated heterocycles. The van der Waals surface area contributed by atoms with E-state index in [-0.39, 0.29) is 0 Å². The molecule has 0 bridgehead atoms. The molecule has 2 rings (SSSR count). The van der Waals surface area contributed by atoms with Gasteiger partial charge >= 0.3 is 0 Å². The van der Waals surface area contributed by atoms with Crippen LogP contribution in [-0.4, -0.2) is 12.5 Å². The first-order valence-electron chi connectivity index (χ1n) is 5.49. The summed E-state index contributed by atoms with van der Waals surface area (Å²) in [7, 11) is 0. The van der Waals surface area contributed by atoms with Crippen molar-refractivity contribution >= 4 is 11.6 Å². The topological polar surface area (TPSA) is 78.3 Å². The van der Waals surface area contributed by atoms with Crippen molar-refractivity contribution in [3.8, 4) is 5.75 Å². The molecule has 0 aromatic heterocycles. The first kappa shape index (κ1) is 10.8. The molecule has 16 heavy (non-hydrogen) atoms. The number of rotatable bonds is 5. The number of benzene rings is 1. The Bertz CT molecular complexity index is 400. The number of carbonyl (C=O) groups is 1. The van der Waals surface area contributed by atoms with Crippen LogP contribution in [0.25, 0.3) is 0 Å². The van der Waals surface area contributed by atoms with Gasteiger partial charge in [0, 0.05) is 0 Å². The van der Waals surface area contributed by atoms with Crippen LogP contribution in [0, 0.1) is 5.92 Å². The Kier molecular flexibility index (Phi) is 2.99. The standard InChI is InChI=1S/C12H16N2O2/c13-10-3-1-2-9(12(14)15)11(10)16-7-6-8-4-5-8/h1-3,8H,4-7,13H2,(H2,14,15). The largest absolute Gasteiger partial charge is 0.491 e. The molecule has 1 saturated carbocycles. The first-order chi connectivity index (χ1) is 7.68. The molecule has 1 aliphatic rings. The summed E-state index contributed by atoms with van der Waals surface area (Å²) >= 11 is 0. The lowest BCUT2D eigenvalue weighted by Crippen LogP contribution is -2.14. The van der Waals surface area contributed by atoms with E-state index in [1.54, 1.807) is 18.2 Å². The predicted molar refractivity (Wildman–Crippen MR) is 62.2 cm³/mol. The Balaban J connectivity index is 2.06. The van der Waals surface area contributed by atoms with Crippen molar-refractivity contribution in [1.82, 2.24) is 0 Å². The maximum Gasteiger partial charge on any atom is 0.252 e. The Morgan fingerprint density at radius 1 is 1.44 bits per heavy atom. The second-order valence-corrected chi connectivity index (χ2v) is 4.17. The van der Waals surface area contributed by atoms with E-state index < -0.39 is 5.91 Å². The monoisotopic (exact) mass is 220 g/mol. The maximum atomic E-state index is 11.2. The van der Waals surface area contributed by atoms with Crippen LogP contribution in [0.15, 0.2) is 18.2 Å². The molecule has 0 heterocycles.